The van der Waals surface area contributed by atoms with Crippen LogP contribution in [0.4, 0.5) is 5.69 Å². The first kappa shape index (κ1) is 17.4. The van der Waals surface area contributed by atoms with Crippen LogP contribution in [0.15, 0.2) is 48.5 Å². The molecule has 1 amide bonds. The molecule has 0 saturated carbocycles. The van der Waals surface area contributed by atoms with E-state index in [-0.39, 0.29) is 5.78 Å². The number of ketones is 1. The Balaban J connectivity index is 2.01. The second-order valence-electron chi connectivity index (χ2n) is 5.54. The van der Waals surface area contributed by atoms with Crippen LogP contribution < -0.4 is 5.32 Å². The number of ether oxygens (including phenoxy) is 1. The fraction of sp³-hybridized carbons (Fsp3) is 0.211. The van der Waals surface area contributed by atoms with E-state index in [0.29, 0.717) is 16.8 Å². The van der Waals surface area contributed by atoms with E-state index in [9.17, 15) is 14.4 Å². The molecule has 0 aliphatic carbocycles. The van der Waals surface area contributed by atoms with Crippen molar-refractivity contribution in [2.75, 3.05) is 5.32 Å². The molecular formula is C19H19NO4. The number of carbonyl (C=O) groups is 3. The molecule has 2 aromatic carbocycles. The van der Waals surface area contributed by atoms with Gasteiger partial charge in [0.1, 0.15) is 0 Å². The summed E-state index contributed by atoms with van der Waals surface area (Å²) in [5.41, 5.74) is 2.30. The molecule has 124 valence electrons. The van der Waals surface area contributed by atoms with Crippen LogP contribution >= 0.6 is 0 Å². The second kappa shape index (κ2) is 7.55. The zero-order valence-electron chi connectivity index (χ0n) is 13.8. The molecule has 0 fully saturated rings. The van der Waals surface area contributed by atoms with Gasteiger partial charge >= 0.3 is 5.97 Å². The predicted octanol–water partition coefficient (Wildman–Crippen LogP) is 3.38. The highest BCUT2D eigenvalue weighted by Crippen LogP contribution is 2.13. The largest absolute Gasteiger partial charge is 0.449 e. The summed E-state index contributed by atoms with van der Waals surface area (Å²) in [5, 5.41) is 2.64. The number of esters is 1. The number of amides is 1. The summed E-state index contributed by atoms with van der Waals surface area (Å²) < 4.78 is 5.19. The van der Waals surface area contributed by atoms with Crippen molar-refractivity contribution < 1.29 is 19.1 Å². The maximum absolute atomic E-state index is 12.2. The molecule has 24 heavy (non-hydrogen) atoms. The molecule has 5 heteroatoms. The van der Waals surface area contributed by atoms with Gasteiger partial charge in [0, 0.05) is 11.3 Å². The van der Waals surface area contributed by atoms with Gasteiger partial charge in [0.2, 0.25) is 0 Å². The van der Waals surface area contributed by atoms with Gasteiger partial charge in [0.15, 0.2) is 11.9 Å². The Hall–Kier alpha value is -2.95. The lowest BCUT2D eigenvalue weighted by Gasteiger charge is -2.14. The van der Waals surface area contributed by atoms with Crippen molar-refractivity contribution >= 4 is 23.3 Å². The minimum Gasteiger partial charge on any atom is -0.449 e. The number of carbonyl (C=O) groups excluding carboxylic acids is 3. The minimum absolute atomic E-state index is 0.0926. The van der Waals surface area contributed by atoms with Crippen LogP contribution in [0, 0.1) is 6.92 Å². The van der Waals surface area contributed by atoms with Crippen LogP contribution in [0.3, 0.4) is 0 Å². The number of hydrogen-bond acceptors (Lipinski definition) is 4. The monoisotopic (exact) mass is 325 g/mol. The normalized spacial score (nSPS) is 11.5. The molecule has 2 aromatic rings. The summed E-state index contributed by atoms with van der Waals surface area (Å²) in [4.78, 5) is 35.6. The van der Waals surface area contributed by atoms with Gasteiger partial charge in [0.25, 0.3) is 5.91 Å². The number of anilines is 1. The molecule has 0 unspecified atom stereocenters. The van der Waals surface area contributed by atoms with Crippen molar-refractivity contribution in [3.8, 4) is 0 Å². The van der Waals surface area contributed by atoms with Crippen molar-refractivity contribution in [1.29, 1.82) is 0 Å². The Morgan fingerprint density at radius 3 is 2.33 bits per heavy atom. The second-order valence-corrected chi connectivity index (χ2v) is 5.54. The highest BCUT2D eigenvalue weighted by atomic mass is 16.5. The van der Waals surface area contributed by atoms with Crippen LogP contribution in [-0.2, 0) is 9.53 Å². The Morgan fingerprint density at radius 2 is 1.67 bits per heavy atom. The predicted molar refractivity (Wildman–Crippen MR) is 91.1 cm³/mol. The SMILES string of the molecule is CC(=O)c1cccc(NC(=O)[C@H](C)OC(=O)c2cccc(C)c2)c1. The molecule has 0 saturated heterocycles. The van der Waals surface area contributed by atoms with Gasteiger partial charge in [-0.05, 0) is 45.0 Å². The Labute approximate surface area is 140 Å². The molecule has 0 bridgehead atoms. The highest BCUT2D eigenvalue weighted by Gasteiger charge is 2.19. The standard InChI is InChI=1S/C19H19NO4/c1-12-6-4-8-16(10-12)19(23)24-14(3)18(22)20-17-9-5-7-15(11-17)13(2)21/h4-11,14H,1-3H3,(H,20,22)/t14-/m0/s1. The summed E-state index contributed by atoms with van der Waals surface area (Å²) in [7, 11) is 0. The summed E-state index contributed by atoms with van der Waals surface area (Å²) in [6, 6.07) is 13.5. The van der Waals surface area contributed by atoms with Gasteiger partial charge in [-0.3, -0.25) is 9.59 Å². The van der Waals surface area contributed by atoms with Crippen LogP contribution in [-0.4, -0.2) is 23.8 Å². The number of benzene rings is 2. The van der Waals surface area contributed by atoms with Crippen LogP contribution in [0.5, 0.6) is 0 Å². The molecule has 2 rings (SSSR count). The van der Waals surface area contributed by atoms with Gasteiger partial charge in [-0.1, -0.05) is 29.8 Å². The van der Waals surface area contributed by atoms with E-state index in [0.717, 1.165) is 5.56 Å². The van der Waals surface area contributed by atoms with Crippen LogP contribution in [0.2, 0.25) is 0 Å². The average molecular weight is 325 g/mol. The molecular weight excluding hydrogens is 306 g/mol. The van der Waals surface area contributed by atoms with E-state index in [1.807, 2.05) is 13.0 Å². The number of nitrogens with one attached hydrogen (secondary N) is 1. The quantitative estimate of drug-likeness (QED) is 0.675. The smallest absolute Gasteiger partial charge is 0.338 e. The molecule has 0 heterocycles. The van der Waals surface area contributed by atoms with Gasteiger partial charge in [-0.25, -0.2) is 4.79 Å². The fourth-order valence-electron chi connectivity index (χ4n) is 2.11. The first-order valence-corrected chi connectivity index (χ1v) is 7.56. The maximum atomic E-state index is 12.2. The van der Waals surface area contributed by atoms with Crippen molar-refractivity contribution in [3.63, 3.8) is 0 Å². The average Bonchev–Trinajstić information content (AvgIpc) is 2.54. The summed E-state index contributed by atoms with van der Waals surface area (Å²) >= 11 is 0. The third-order valence-electron chi connectivity index (χ3n) is 3.44. The van der Waals surface area contributed by atoms with Crippen molar-refractivity contribution in [2.45, 2.75) is 26.9 Å². The van der Waals surface area contributed by atoms with Gasteiger partial charge < -0.3 is 10.1 Å². The first-order valence-electron chi connectivity index (χ1n) is 7.56. The van der Waals surface area contributed by atoms with E-state index in [1.54, 1.807) is 42.5 Å². The number of rotatable bonds is 5. The molecule has 0 radical (unpaired) electrons. The lowest BCUT2D eigenvalue weighted by Crippen LogP contribution is -2.30. The molecule has 5 nitrogen and oxygen atoms in total. The van der Waals surface area contributed by atoms with Gasteiger partial charge in [-0.15, -0.1) is 0 Å². The van der Waals surface area contributed by atoms with Crippen molar-refractivity contribution in [2.24, 2.45) is 0 Å². The van der Waals surface area contributed by atoms with Crippen molar-refractivity contribution in [1.82, 2.24) is 0 Å². The highest BCUT2D eigenvalue weighted by molar-refractivity contribution is 5.99. The third-order valence-corrected chi connectivity index (χ3v) is 3.44. The van der Waals surface area contributed by atoms with E-state index in [4.69, 9.17) is 4.74 Å². The van der Waals surface area contributed by atoms with Gasteiger partial charge in [0.05, 0.1) is 5.56 Å². The minimum atomic E-state index is -0.959. The van der Waals surface area contributed by atoms with E-state index in [1.165, 1.54) is 13.8 Å². The summed E-state index contributed by atoms with van der Waals surface area (Å²) in [6.45, 7) is 4.82. The Bertz CT molecular complexity index is 782. The third kappa shape index (κ3) is 4.52. The molecule has 1 atom stereocenters. The zero-order chi connectivity index (χ0) is 17.7. The first-order chi connectivity index (χ1) is 11.4. The fourth-order valence-corrected chi connectivity index (χ4v) is 2.11. The molecule has 0 aromatic heterocycles. The van der Waals surface area contributed by atoms with Crippen LogP contribution in [0.25, 0.3) is 0 Å². The molecule has 1 N–H and O–H groups in total. The molecule has 0 spiro atoms. The van der Waals surface area contributed by atoms with E-state index < -0.39 is 18.0 Å². The van der Waals surface area contributed by atoms with Crippen LogP contribution in [0.1, 0.15) is 40.1 Å². The number of hydrogen-bond donors (Lipinski definition) is 1. The molecule has 0 aliphatic heterocycles. The topological polar surface area (TPSA) is 72.5 Å². The van der Waals surface area contributed by atoms with Gasteiger partial charge in [-0.2, -0.15) is 0 Å². The Kier molecular flexibility index (Phi) is 5.47. The lowest BCUT2D eigenvalue weighted by molar-refractivity contribution is -0.123. The Morgan fingerprint density at radius 1 is 1.00 bits per heavy atom. The number of Topliss-reactive ketones (excluding diaryl/α,β-unsaturated/α-hetero) is 1. The summed E-state index contributed by atoms with van der Waals surface area (Å²) in [5.74, 6) is -1.11. The van der Waals surface area contributed by atoms with Crippen molar-refractivity contribution in [3.05, 3.63) is 65.2 Å². The summed E-state index contributed by atoms with van der Waals surface area (Å²) in [6.07, 6.45) is -0.959. The van der Waals surface area contributed by atoms with E-state index in [2.05, 4.69) is 5.32 Å². The zero-order valence-corrected chi connectivity index (χ0v) is 13.8. The molecule has 0 aliphatic rings. The number of aryl methyl sites for hydroxylation is 1. The maximum Gasteiger partial charge on any atom is 0.338 e. The lowest BCUT2D eigenvalue weighted by atomic mass is 10.1. The van der Waals surface area contributed by atoms with E-state index >= 15 is 0 Å².